The molecule has 0 aliphatic carbocycles. The number of fused-ring (bicyclic) bond motifs is 5. The summed E-state index contributed by atoms with van der Waals surface area (Å²) in [6.45, 7) is 0. The zero-order valence-corrected chi connectivity index (χ0v) is 9.35. The third-order valence-electron chi connectivity index (χ3n) is 3.39. The van der Waals surface area contributed by atoms with Crippen molar-refractivity contribution in [1.29, 1.82) is 0 Å². The molecule has 0 N–H and O–H groups in total. The lowest BCUT2D eigenvalue weighted by Crippen LogP contribution is -1.94. The molecule has 18 heavy (non-hydrogen) atoms. The zero-order valence-electron chi connectivity index (χ0n) is 9.35. The Bertz CT molecular complexity index is 816. The summed E-state index contributed by atoms with van der Waals surface area (Å²) in [5, 5.41) is 0.757. The lowest BCUT2D eigenvalue weighted by atomic mass is 10.1. The van der Waals surface area contributed by atoms with Crippen LogP contribution in [0.15, 0.2) is 48.5 Å². The van der Waals surface area contributed by atoms with Gasteiger partial charge in [-0.25, -0.2) is 4.39 Å². The Kier molecular flexibility index (Phi) is 1.64. The quantitative estimate of drug-likeness (QED) is 0.460. The SMILES string of the molecule is O=C1c2ccccc2-n2c1cc1cc(F)ccc12. The van der Waals surface area contributed by atoms with Crippen LogP contribution in [0.2, 0.25) is 0 Å². The topological polar surface area (TPSA) is 22.0 Å². The molecular formula is C15H8FNO. The van der Waals surface area contributed by atoms with E-state index in [0.29, 0.717) is 11.3 Å². The van der Waals surface area contributed by atoms with E-state index < -0.39 is 0 Å². The first kappa shape index (κ1) is 9.59. The van der Waals surface area contributed by atoms with Gasteiger partial charge < -0.3 is 4.57 Å². The molecule has 0 saturated carbocycles. The maximum Gasteiger partial charge on any atom is 0.211 e. The first-order valence-electron chi connectivity index (χ1n) is 5.71. The van der Waals surface area contributed by atoms with Gasteiger partial charge in [-0.1, -0.05) is 12.1 Å². The maximum atomic E-state index is 13.2. The fraction of sp³-hybridized carbons (Fsp3) is 0. The smallest absolute Gasteiger partial charge is 0.211 e. The van der Waals surface area contributed by atoms with Crippen molar-refractivity contribution in [3.63, 3.8) is 0 Å². The van der Waals surface area contributed by atoms with Crippen molar-refractivity contribution in [2.24, 2.45) is 0 Å². The Balaban J connectivity index is 2.17. The number of rotatable bonds is 0. The summed E-state index contributed by atoms with van der Waals surface area (Å²) in [7, 11) is 0. The molecule has 2 heterocycles. The van der Waals surface area contributed by atoms with Gasteiger partial charge in [0.2, 0.25) is 5.78 Å². The summed E-state index contributed by atoms with van der Waals surface area (Å²) in [5.74, 6) is -0.283. The predicted octanol–water partition coefficient (Wildman–Crippen LogP) is 3.31. The molecule has 3 aromatic rings. The summed E-state index contributed by atoms with van der Waals surface area (Å²) in [4.78, 5) is 12.2. The molecule has 0 bridgehead atoms. The fourth-order valence-corrected chi connectivity index (χ4v) is 2.61. The summed E-state index contributed by atoms with van der Waals surface area (Å²) in [6, 6.07) is 13.8. The Hall–Kier alpha value is -2.42. The Morgan fingerprint density at radius 2 is 1.83 bits per heavy atom. The van der Waals surface area contributed by atoms with E-state index in [9.17, 15) is 9.18 Å². The summed E-state index contributed by atoms with van der Waals surface area (Å²) < 4.78 is 15.1. The number of ketones is 1. The van der Waals surface area contributed by atoms with Crippen molar-refractivity contribution >= 4 is 16.7 Å². The summed E-state index contributed by atoms with van der Waals surface area (Å²) in [6.07, 6.45) is 0. The number of carbonyl (C=O) groups excluding carboxylic acids is 1. The molecule has 4 rings (SSSR count). The summed E-state index contributed by atoms with van der Waals surface area (Å²) >= 11 is 0. The van der Waals surface area contributed by atoms with Gasteiger partial charge in [0.1, 0.15) is 5.82 Å². The highest BCUT2D eigenvalue weighted by molar-refractivity contribution is 6.16. The Labute approximate surface area is 102 Å². The highest BCUT2D eigenvalue weighted by Gasteiger charge is 2.28. The fourth-order valence-electron chi connectivity index (χ4n) is 2.61. The van der Waals surface area contributed by atoms with Gasteiger partial charge in [-0.05, 0) is 36.4 Å². The van der Waals surface area contributed by atoms with Gasteiger partial charge in [0.05, 0.1) is 16.9 Å². The number of benzene rings is 2. The van der Waals surface area contributed by atoms with E-state index in [0.717, 1.165) is 16.6 Å². The molecule has 1 aliphatic heterocycles. The average molecular weight is 237 g/mol. The number of hydrogen-bond donors (Lipinski definition) is 0. The first-order chi connectivity index (χ1) is 8.75. The molecule has 0 saturated heterocycles. The van der Waals surface area contributed by atoms with E-state index >= 15 is 0 Å². The van der Waals surface area contributed by atoms with Crippen LogP contribution in [0.1, 0.15) is 16.1 Å². The second-order valence-corrected chi connectivity index (χ2v) is 4.41. The molecule has 0 atom stereocenters. The van der Waals surface area contributed by atoms with Crippen LogP contribution in [0.25, 0.3) is 16.6 Å². The second-order valence-electron chi connectivity index (χ2n) is 4.41. The molecule has 0 radical (unpaired) electrons. The van der Waals surface area contributed by atoms with Crippen LogP contribution < -0.4 is 0 Å². The van der Waals surface area contributed by atoms with Gasteiger partial charge in [-0.15, -0.1) is 0 Å². The minimum atomic E-state index is -0.285. The average Bonchev–Trinajstić information content (AvgIpc) is 2.87. The van der Waals surface area contributed by atoms with Gasteiger partial charge in [0.25, 0.3) is 0 Å². The number of para-hydroxylation sites is 1. The van der Waals surface area contributed by atoms with Crippen molar-refractivity contribution in [1.82, 2.24) is 4.57 Å². The van der Waals surface area contributed by atoms with E-state index in [1.807, 2.05) is 28.8 Å². The first-order valence-corrected chi connectivity index (χ1v) is 5.71. The molecule has 0 unspecified atom stereocenters. The van der Waals surface area contributed by atoms with Gasteiger partial charge in [0.15, 0.2) is 0 Å². The molecule has 0 amide bonds. The minimum Gasteiger partial charge on any atom is -0.305 e. The number of nitrogens with zero attached hydrogens (tertiary/aromatic N) is 1. The maximum absolute atomic E-state index is 13.2. The number of carbonyl (C=O) groups is 1. The molecule has 2 aromatic carbocycles. The molecule has 3 heteroatoms. The standard InChI is InChI=1S/C15H8FNO/c16-10-5-6-12-9(7-10)8-14-15(18)11-3-1-2-4-13(11)17(12)14/h1-8H. The van der Waals surface area contributed by atoms with E-state index in [4.69, 9.17) is 0 Å². The van der Waals surface area contributed by atoms with Crippen molar-refractivity contribution in [3.8, 4) is 5.69 Å². The van der Waals surface area contributed by atoms with Crippen LogP contribution >= 0.6 is 0 Å². The van der Waals surface area contributed by atoms with Crippen LogP contribution in [0, 0.1) is 5.82 Å². The third-order valence-corrected chi connectivity index (χ3v) is 3.39. The van der Waals surface area contributed by atoms with Crippen LogP contribution in [0.5, 0.6) is 0 Å². The van der Waals surface area contributed by atoms with Gasteiger partial charge in [-0.3, -0.25) is 4.79 Å². The zero-order chi connectivity index (χ0) is 12.3. The van der Waals surface area contributed by atoms with Crippen LogP contribution in [-0.4, -0.2) is 10.4 Å². The molecule has 2 nitrogen and oxygen atoms in total. The Morgan fingerprint density at radius 3 is 2.72 bits per heavy atom. The summed E-state index contributed by atoms with van der Waals surface area (Å²) in [5.41, 5.74) is 3.05. The van der Waals surface area contributed by atoms with E-state index in [-0.39, 0.29) is 11.6 Å². The Morgan fingerprint density at radius 1 is 1.00 bits per heavy atom. The van der Waals surface area contributed by atoms with Crippen molar-refractivity contribution in [3.05, 3.63) is 65.6 Å². The third kappa shape index (κ3) is 1.03. The van der Waals surface area contributed by atoms with Crippen LogP contribution in [-0.2, 0) is 0 Å². The van der Waals surface area contributed by atoms with Crippen LogP contribution in [0.4, 0.5) is 4.39 Å². The van der Waals surface area contributed by atoms with Gasteiger partial charge >= 0.3 is 0 Å². The van der Waals surface area contributed by atoms with Crippen molar-refractivity contribution in [2.75, 3.05) is 0 Å². The highest BCUT2D eigenvalue weighted by atomic mass is 19.1. The van der Waals surface area contributed by atoms with Gasteiger partial charge in [-0.2, -0.15) is 0 Å². The van der Waals surface area contributed by atoms with E-state index in [2.05, 4.69) is 0 Å². The second kappa shape index (κ2) is 3.07. The molecule has 86 valence electrons. The number of halogens is 1. The van der Waals surface area contributed by atoms with E-state index in [1.165, 1.54) is 12.1 Å². The van der Waals surface area contributed by atoms with Crippen molar-refractivity contribution in [2.45, 2.75) is 0 Å². The largest absolute Gasteiger partial charge is 0.305 e. The number of aromatic nitrogens is 1. The van der Waals surface area contributed by atoms with Gasteiger partial charge in [0, 0.05) is 10.9 Å². The lowest BCUT2D eigenvalue weighted by Gasteiger charge is -2.03. The van der Waals surface area contributed by atoms with E-state index in [1.54, 1.807) is 12.1 Å². The highest BCUT2D eigenvalue weighted by Crippen LogP contribution is 2.33. The lowest BCUT2D eigenvalue weighted by molar-refractivity contribution is 0.104. The molecule has 1 aromatic heterocycles. The normalized spacial score (nSPS) is 12.8. The molecule has 0 fully saturated rings. The monoisotopic (exact) mass is 237 g/mol. The molecular weight excluding hydrogens is 229 g/mol. The predicted molar refractivity (Wildman–Crippen MR) is 66.7 cm³/mol. The number of hydrogen-bond acceptors (Lipinski definition) is 1. The minimum absolute atomic E-state index is 0.00204. The molecule has 1 aliphatic rings. The molecule has 0 spiro atoms. The van der Waals surface area contributed by atoms with Crippen molar-refractivity contribution < 1.29 is 9.18 Å². The van der Waals surface area contributed by atoms with Crippen LogP contribution in [0.3, 0.4) is 0 Å².